The maximum absolute atomic E-state index is 5.79. The molecule has 0 fully saturated rings. The second-order valence-electron chi connectivity index (χ2n) is 1.55. The Hall–Kier alpha value is 0.974. The van der Waals surface area contributed by atoms with Gasteiger partial charge in [0.2, 0.25) is 16.5 Å². The second-order valence-corrected chi connectivity index (χ2v) is 8.61. The molecule has 0 unspecified atom stereocenters. The van der Waals surface area contributed by atoms with Gasteiger partial charge in [-0.25, -0.2) is 0 Å². The van der Waals surface area contributed by atoms with E-state index in [-0.39, 0.29) is 0 Å². The van der Waals surface area contributed by atoms with Gasteiger partial charge in [-0.2, -0.15) is 0 Å². The Morgan fingerprint density at radius 1 is 1.12 bits per heavy atom. The summed E-state index contributed by atoms with van der Waals surface area (Å²) in [6, 6.07) is 0. The lowest BCUT2D eigenvalue weighted by atomic mass is 11.6. The summed E-state index contributed by atoms with van der Waals surface area (Å²) in [4.78, 5) is 0. The molecule has 0 N–H and O–H groups in total. The van der Waals surface area contributed by atoms with Gasteiger partial charge in [0.15, 0.2) is 0 Å². The highest BCUT2D eigenvalue weighted by Crippen LogP contribution is 2.01. The average Bonchev–Trinajstić information content (AvgIpc) is 1.64. The first-order chi connectivity index (χ1) is 3.55. The second kappa shape index (κ2) is 3.90. The molecule has 0 rings (SSSR count). The molecule has 8 heavy (non-hydrogen) atoms. The van der Waals surface area contributed by atoms with Gasteiger partial charge in [-0.3, -0.25) is 0 Å². The maximum atomic E-state index is 5.79. The van der Waals surface area contributed by atoms with Gasteiger partial charge in [0.05, 0.1) is 0 Å². The lowest BCUT2D eigenvalue weighted by molar-refractivity contribution is 0.839. The zero-order valence-corrected chi connectivity index (χ0v) is 8.72. The molecule has 0 aliphatic carbocycles. The van der Waals surface area contributed by atoms with E-state index >= 15 is 0 Å². The van der Waals surface area contributed by atoms with Crippen LogP contribution in [-0.4, -0.2) is 27.8 Å². The fraction of sp³-hybridized carbons (Fsp3) is 1.00. The van der Waals surface area contributed by atoms with Crippen molar-refractivity contribution in [2.45, 2.75) is 13.1 Å². The Morgan fingerprint density at radius 2 is 1.38 bits per heavy atom. The van der Waals surface area contributed by atoms with E-state index in [0.717, 1.165) is 0 Å². The first kappa shape index (κ1) is 8.97. The Balaban J connectivity index is 3.46. The lowest BCUT2D eigenvalue weighted by Gasteiger charge is -2.17. The molecule has 0 saturated carbocycles. The minimum Gasteiger partial charge on any atom is -0.325 e. The van der Waals surface area contributed by atoms with Crippen molar-refractivity contribution < 1.29 is 0 Å². The van der Waals surface area contributed by atoms with Crippen LogP contribution < -0.4 is 0 Å². The standard InChI is InChI=1S/C3H9Cl2NSi2/c1-6(7(2)4)8(3)5/h1-3H3. The highest BCUT2D eigenvalue weighted by molar-refractivity contribution is 7.15. The van der Waals surface area contributed by atoms with E-state index in [1.54, 1.807) is 0 Å². The van der Waals surface area contributed by atoms with E-state index in [2.05, 4.69) is 4.23 Å². The van der Waals surface area contributed by atoms with E-state index in [1.165, 1.54) is 0 Å². The summed E-state index contributed by atoms with van der Waals surface area (Å²) in [6.07, 6.45) is 0. The number of hydrogen-bond acceptors (Lipinski definition) is 1. The Bertz CT molecular complexity index is 60.3. The number of hydrogen-bond donors (Lipinski definition) is 0. The quantitative estimate of drug-likeness (QED) is 0.468. The van der Waals surface area contributed by atoms with Crippen molar-refractivity contribution in [2.24, 2.45) is 0 Å². The smallest absolute Gasteiger partial charge is 0.242 e. The third-order valence-electron chi connectivity index (χ3n) is 0.924. The summed E-state index contributed by atoms with van der Waals surface area (Å²) >= 11 is 11.6. The first-order valence-electron chi connectivity index (χ1n) is 2.27. The highest BCUT2D eigenvalue weighted by Gasteiger charge is 2.14. The van der Waals surface area contributed by atoms with Crippen LogP contribution in [0.15, 0.2) is 0 Å². The molecule has 0 aromatic carbocycles. The Labute approximate surface area is 63.4 Å². The third kappa shape index (κ3) is 3.09. The number of rotatable bonds is 2. The molecule has 0 aromatic heterocycles. The van der Waals surface area contributed by atoms with Gasteiger partial charge in [-0.15, -0.1) is 22.2 Å². The van der Waals surface area contributed by atoms with E-state index in [4.69, 9.17) is 22.2 Å². The molecule has 1 nitrogen and oxygen atoms in total. The molecule has 0 amide bonds. The average molecular weight is 186 g/mol. The summed E-state index contributed by atoms with van der Waals surface area (Å²) in [7, 11) is 0.389. The molecular weight excluding hydrogens is 177 g/mol. The zero-order chi connectivity index (χ0) is 6.73. The lowest BCUT2D eigenvalue weighted by Crippen LogP contribution is -2.36. The van der Waals surface area contributed by atoms with Crippen molar-refractivity contribution in [1.82, 2.24) is 4.23 Å². The first-order valence-corrected chi connectivity index (χ1v) is 8.19. The number of nitrogens with zero attached hydrogens (tertiary/aromatic N) is 1. The van der Waals surface area contributed by atoms with Crippen molar-refractivity contribution in [3.63, 3.8) is 0 Å². The SMILES string of the molecule is CN([Si](C)Cl)[Si](C)Cl. The summed E-state index contributed by atoms with van der Waals surface area (Å²) in [5, 5.41) is 0. The van der Waals surface area contributed by atoms with Crippen molar-refractivity contribution in [1.29, 1.82) is 0 Å². The van der Waals surface area contributed by atoms with Crippen LogP contribution in [0.5, 0.6) is 0 Å². The summed E-state index contributed by atoms with van der Waals surface area (Å²) in [5.74, 6) is 0. The molecule has 5 heteroatoms. The van der Waals surface area contributed by atoms with Crippen LogP contribution in [-0.2, 0) is 0 Å². The minimum absolute atomic E-state index is 0.793. The Morgan fingerprint density at radius 3 is 1.38 bits per heavy atom. The van der Waals surface area contributed by atoms with Gasteiger partial charge in [-0.05, 0) is 20.1 Å². The van der Waals surface area contributed by atoms with Crippen molar-refractivity contribution in [3.8, 4) is 0 Å². The molecule has 0 aliphatic rings. The third-order valence-corrected chi connectivity index (χ3v) is 7.16. The van der Waals surface area contributed by atoms with Crippen molar-refractivity contribution in [2.75, 3.05) is 7.05 Å². The zero-order valence-electron chi connectivity index (χ0n) is 5.20. The molecule has 0 bridgehead atoms. The van der Waals surface area contributed by atoms with E-state index in [1.807, 2.05) is 20.1 Å². The predicted octanol–water partition coefficient (Wildman–Crippen LogP) is 1.63. The van der Waals surface area contributed by atoms with Crippen LogP contribution >= 0.6 is 22.2 Å². The van der Waals surface area contributed by atoms with Crippen LogP contribution in [0.2, 0.25) is 13.1 Å². The van der Waals surface area contributed by atoms with Crippen molar-refractivity contribution >= 4 is 38.7 Å². The predicted molar refractivity (Wildman–Crippen MR) is 42.7 cm³/mol. The molecule has 2 radical (unpaired) electrons. The Kier molecular flexibility index (Phi) is 4.37. The largest absolute Gasteiger partial charge is 0.325 e. The molecule has 0 saturated heterocycles. The van der Waals surface area contributed by atoms with Crippen molar-refractivity contribution in [3.05, 3.63) is 0 Å². The van der Waals surface area contributed by atoms with Gasteiger partial charge in [0.1, 0.15) is 0 Å². The molecule has 0 heterocycles. The highest BCUT2D eigenvalue weighted by atomic mass is 35.6. The van der Waals surface area contributed by atoms with Gasteiger partial charge >= 0.3 is 0 Å². The van der Waals surface area contributed by atoms with Crippen LogP contribution in [0.25, 0.3) is 0 Å². The van der Waals surface area contributed by atoms with Crippen LogP contribution in [0, 0.1) is 0 Å². The molecule has 0 spiro atoms. The summed E-state index contributed by atoms with van der Waals surface area (Å²) in [5.41, 5.74) is 0. The van der Waals surface area contributed by atoms with Gasteiger partial charge in [0.25, 0.3) is 0 Å². The fourth-order valence-corrected chi connectivity index (χ4v) is 4.58. The van der Waals surface area contributed by atoms with Crippen LogP contribution in [0.1, 0.15) is 0 Å². The summed E-state index contributed by atoms with van der Waals surface area (Å²) < 4.78 is 2.07. The van der Waals surface area contributed by atoms with E-state index < -0.39 is 16.5 Å². The normalized spacial score (nSPS) is 12.0. The van der Waals surface area contributed by atoms with Gasteiger partial charge in [-0.1, -0.05) is 0 Å². The molecule has 48 valence electrons. The molecule has 0 atom stereocenters. The van der Waals surface area contributed by atoms with Crippen LogP contribution in [0.4, 0.5) is 0 Å². The fourth-order valence-electron chi connectivity index (χ4n) is 0.212. The minimum atomic E-state index is -0.793. The monoisotopic (exact) mass is 185 g/mol. The number of halogens is 2. The van der Waals surface area contributed by atoms with E-state index in [9.17, 15) is 0 Å². The topological polar surface area (TPSA) is 3.24 Å². The van der Waals surface area contributed by atoms with Gasteiger partial charge in [0, 0.05) is 0 Å². The maximum Gasteiger partial charge on any atom is 0.242 e. The molecular formula is C3H9Cl2NSi2. The van der Waals surface area contributed by atoms with Crippen LogP contribution in [0.3, 0.4) is 0 Å². The summed E-state index contributed by atoms with van der Waals surface area (Å²) in [6.45, 7) is 4.03. The molecule has 0 aromatic rings. The molecule has 0 aliphatic heterocycles. The van der Waals surface area contributed by atoms with Gasteiger partial charge < -0.3 is 4.23 Å². The van der Waals surface area contributed by atoms with E-state index in [0.29, 0.717) is 0 Å².